The van der Waals surface area contributed by atoms with E-state index >= 15 is 0 Å². The minimum absolute atomic E-state index is 0.100. The van der Waals surface area contributed by atoms with E-state index in [0.717, 1.165) is 46.0 Å². The summed E-state index contributed by atoms with van der Waals surface area (Å²) >= 11 is 6.12. The Balaban J connectivity index is 1.83. The van der Waals surface area contributed by atoms with Crippen molar-refractivity contribution in [3.05, 3.63) is 101 Å². The number of aryl methyl sites for hydroxylation is 1. The Morgan fingerprint density at radius 2 is 1.55 bits per heavy atom. The lowest BCUT2D eigenvalue weighted by molar-refractivity contribution is 0.0912. The second kappa shape index (κ2) is 8.24. The molecule has 33 heavy (non-hydrogen) atoms. The molecule has 166 valence electrons. The predicted octanol–water partition coefficient (Wildman–Crippen LogP) is 8.00. The van der Waals surface area contributed by atoms with E-state index in [1.54, 1.807) is 0 Å². The lowest BCUT2D eigenvalue weighted by Crippen LogP contribution is -2.28. The van der Waals surface area contributed by atoms with Gasteiger partial charge in [-0.25, -0.2) is 0 Å². The molecule has 4 heteroatoms. The van der Waals surface area contributed by atoms with E-state index < -0.39 is 0 Å². The molecule has 4 aromatic rings. The van der Waals surface area contributed by atoms with Gasteiger partial charge in [-0.2, -0.15) is 0 Å². The van der Waals surface area contributed by atoms with E-state index in [9.17, 15) is 4.79 Å². The zero-order valence-electron chi connectivity index (χ0n) is 19.2. The Morgan fingerprint density at radius 3 is 2.21 bits per heavy atom. The number of carbonyl (C=O) groups excluding carboxylic acids is 1. The summed E-state index contributed by atoms with van der Waals surface area (Å²) in [6.07, 6.45) is 1.35. The molecule has 3 nitrogen and oxygen atoms in total. The van der Waals surface area contributed by atoms with Crippen molar-refractivity contribution in [3.8, 4) is 16.9 Å². The van der Waals surface area contributed by atoms with Crippen molar-refractivity contribution in [2.24, 2.45) is 5.41 Å². The lowest BCUT2D eigenvalue weighted by atomic mass is 9.76. The molecule has 5 rings (SSSR count). The fourth-order valence-corrected chi connectivity index (χ4v) is 4.90. The van der Waals surface area contributed by atoms with Crippen LogP contribution in [0.5, 0.6) is 0 Å². The third-order valence-electron chi connectivity index (χ3n) is 6.29. The van der Waals surface area contributed by atoms with Gasteiger partial charge in [-0.1, -0.05) is 73.5 Å². The van der Waals surface area contributed by atoms with Crippen molar-refractivity contribution < 1.29 is 4.79 Å². The molecule has 0 unspecified atom stereocenters. The minimum Gasteiger partial charge on any atom is -0.353 e. The Bertz CT molecular complexity index is 1320. The number of Topliss-reactive ketones (excluding diaryl/α,β-unsaturated/α-hetero) is 1. The van der Waals surface area contributed by atoms with E-state index in [-0.39, 0.29) is 11.2 Å². The van der Waals surface area contributed by atoms with Gasteiger partial charge in [-0.3, -0.25) is 4.79 Å². The molecule has 0 saturated heterocycles. The number of aromatic nitrogens is 1. The van der Waals surface area contributed by atoms with E-state index in [4.69, 9.17) is 11.6 Å². The number of halogens is 1. The van der Waals surface area contributed by atoms with Crippen molar-refractivity contribution in [2.75, 3.05) is 5.32 Å². The molecule has 0 spiro atoms. The molecule has 0 fully saturated rings. The molecule has 0 saturated carbocycles. The minimum atomic E-state index is -0.100. The maximum atomic E-state index is 13.6. The fraction of sp³-hybridized carbons (Fsp3) is 0.207. The molecule has 1 N–H and O–H groups in total. The maximum absolute atomic E-state index is 13.6. The molecule has 1 aliphatic carbocycles. The van der Waals surface area contributed by atoms with Crippen LogP contribution in [0.1, 0.15) is 41.9 Å². The van der Waals surface area contributed by atoms with Crippen molar-refractivity contribution in [1.82, 2.24) is 4.57 Å². The largest absolute Gasteiger partial charge is 0.353 e. The van der Waals surface area contributed by atoms with Crippen molar-refractivity contribution >= 4 is 28.8 Å². The van der Waals surface area contributed by atoms with Crippen LogP contribution in [0.15, 0.2) is 78.9 Å². The van der Waals surface area contributed by atoms with Gasteiger partial charge in [-0.05, 0) is 55.2 Å². The summed E-state index contributed by atoms with van der Waals surface area (Å²) in [5, 5.41) is 4.27. The second-order valence-electron chi connectivity index (χ2n) is 9.66. The molecule has 0 aliphatic heterocycles. The monoisotopic (exact) mass is 454 g/mol. The molecule has 3 aromatic carbocycles. The number of benzene rings is 3. The SMILES string of the molecule is Cc1ccc(-c2c(Nc3ccc(Cl)cc3)c3c(n2-c2ccccc2)CC(C)(C)CC3=O)cc1. The number of para-hydroxylation sites is 1. The first-order chi connectivity index (χ1) is 15.8. The number of hydrogen-bond acceptors (Lipinski definition) is 2. The van der Waals surface area contributed by atoms with E-state index in [0.29, 0.717) is 11.4 Å². The van der Waals surface area contributed by atoms with Crippen LogP contribution < -0.4 is 5.32 Å². The van der Waals surface area contributed by atoms with E-state index in [2.05, 4.69) is 67.1 Å². The van der Waals surface area contributed by atoms with Crippen molar-refractivity contribution in [3.63, 3.8) is 0 Å². The third kappa shape index (κ3) is 4.09. The number of fused-ring (bicyclic) bond motifs is 1. The fourth-order valence-electron chi connectivity index (χ4n) is 4.77. The van der Waals surface area contributed by atoms with Crippen LogP contribution in [-0.4, -0.2) is 10.4 Å². The zero-order chi connectivity index (χ0) is 23.2. The highest BCUT2D eigenvalue weighted by Gasteiger charge is 2.38. The van der Waals surface area contributed by atoms with Crippen LogP contribution in [0, 0.1) is 12.3 Å². The lowest BCUT2D eigenvalue weighted by Gasteiger charge is -2.30. The molecule has 1 aromatic heterocycles. The Hall–Kier alpha value is -3.30. The van der Waals surface area contributed by atoms with Gasteiger partial charge in [0.1, 0.15) is 0 Å². The summed E-state index contributed by atoms with van der Waals surface area (Å²) in [5.74, 6) is 0.181. The zero-order valence-corrected chi connectivity index (χ0v) is 19.9. The highest BCUT2D eigenvalue weighted by atomic mass is 35.5. The van der Waals surface area contributed by atoms with Crippen molar-refractivity contribution in [1.29, 1.82) is 0 Å². The highest BCUT2D eigenvalue weighted by molar-refractivity contribution is 6.30. The van der Waals surface area contributed by atoms with Gasteiger partial charge in [0.15, 0.2) is 5.78 Å². The van der Waals surface area contributed by atoms with Gasteiger partial charge in [0.2, 0.25) is 0 Å². The standard InChI is InChI=1S/C29H27ClN2O/c1-19-9-11-20(12-10-19)28-27(31-22-15-13-21(30)14-16-22)26-24(17-29(2,3)18-25(26)33)32(28)23-7-5-4-6-8-23/h4-16,31H,17-18H2,1-3H3. The summed E-state index contributed by atoms with van der Waals surface area (Å²) in [5.41, 5.74) is 7.85. The van der Waals surface area contributed by atoms with Gasteiger partial charge >= 0.3 is 0 Å². The van der Waals surface area contributed by atoms with Gasteiger partial charge in [0.25, 0.3) is 0 Å². The van der Waals surface area contributed by atoms with E-state index in [1.807, 2.05) is 42.5 Å². The average molecular weight is 455 g/mol. The molecule has 1 heterocycles. The Morgan fingerprint density at radius 1 is 0.879 bits per heavy atom. The van der Waals surface area contributed by atoms with Gasteiger partial charge in [0.05, 0.1) is 16.9 Å². The number of anilines is 2. The average Bonchev–Trinajstić information content (AvgIpc) is 3.09. The Kier molecular flexibility index (Phi) is 5.38. The molecule has 0 bridgehead atoms. The molecule has 0 atom stereocenters. The first-order valence-corrected chi connectivity index (χ1v) is 11.7. The number of nitrogens with zero attached hydrogens (tertiary/aromatic N) is 1. The summed E-state index contributed by atoms with van der Waals surface area (Å²) in [6.45, 7) is 6.44. The summed E-state index contributed by atoms with van der Waals surface area (Å²) in [7, 11) is 0. The second-order valence-corrected chi connectivity index (χ2v) is 10.1. The maximum Gasteiger partial charge on any atom is 0.167 e. The number of nitrogens with one attached hydrogen (secondary N) is 1. The summed E-state index contributed by atoms with van der Waals surface area (Å²) in [6, 6.07) is 26.5. The van der Waals surface area contributed by atoms with E-state index in [1.165, 1.54) is 5.56 Å². The number of ketones is 1. The van der Waals surface area contributed by atoms with Crippen LogP contribution in [0.4, 0.5) is 11.4 Å². The number of carbonyl (C=O) groups is 1. The molecule has 1 aliphatic rings. The summed E-state index contributed by atoms with van der Waals surface area (Å²) < 4.78 is 2.27. The van der Waals surface area contributed by atoms with Gasteiger partial charge in [0, 0.05) is 34.1 Å². The van der Waals surface area contributed by atoms with Crippen LogP contribution in [0.3, 0.4) is 0 Å². The Labute approximate surface area is 200 Å². The third-order valence-corrected chi connectivity index (χ3v) is 6.54. The number of hydrogen-bond donors (Lipinski definition) is 1. The first kappa shape index (κ1) is 21.5. The number of rotatable bonds is 4. The molecular weight excluding hydrogens is 428 g/mol. The predicted molar refractivity (Wildman–Crippen MR) is 137 cm³/mol. The van der Waals surface area contributed by atoms with Gasteiger partial charge in [-0.15, -0.1) is 0 Å². The van der Waals surface area contributed by atoms with Crippen LogP contribution >= 0.6 is 11.6 Å². The smallest absolute Gasteiger partial charge is 0.167 e. The molecule has 0 amide bonds. The quantitative estimate of drug-likeness (QED) is 0.339. The normalized spacial score (nSPS) is 14.7. The van der Waals surface area contributed by atoms with Crippen LogP contribution in [0.2, 0.25) is 5.02 Å². The van der Waals surface area contributed by atoms with Crippen molar-refractivity contribution in [2.45, 2.75) is 33.6 Å². The van der Waals surface area contributed by atoms with Gasteiger partial charge < -0.3 is 9.88 Å². The molecule has 0 radical (unpaired) electrons. The summed E-state index contributed by atoms with van der Waals surface area (Å²) in [4.78, 5) is 13.6. The molecular formula is C29H27ClN2O. The van der Waals surface area contributed by atoms with Crippen LogP contribution in [-0.2, 0) is 6.42 Å². The first-order valence-electron chi connectivity index (χ1n) is 11.3. The highest BCUT2D eigenvalue weighted by Crippen LogP contribution is 2.46. The van der Waals surface area contributed by atoms with Crippen LogP contribution in [0.25, 0.3) is 16.9 Å². The topological polar surface area (TPSA) is 34.0 Å².